The third-order valence-electron chi connectivity index (χ3n) is 7.36. The molecule has 3 aliphatic carbocycles. The molecule has 2 bridgehead atoms. The number of ether oxygens (including phenoxy) is 3. The SMILES string of the molecule is COc1cc(Br)c2c3c1O[C@H]1[C@@H](OC)[C@H](C)C[C@H]4[C@H](CCC[C@@]341)C2. The molecular formula is C20H25BrO3. The minimum absolute atomic E-state index is 0.135. The van der Waals surface area contributed by atoms with Gasteiger partial charge in [0.2, 0.25) is 0 Å². The second-order valence-electron chi connectivity index (χ2n) is 8.20. The lowest BCUT2D eigenvalue weighted by Crippen LogP contribution is -2.62. The van der Waals surface area contributed by atoms with Crippen molar-refractivity contribution in [3.63, 3.8) is 0 Å². The fraction of sp³-hybridized carbons (Fsp3) is 0.700. The number of halogens is 1. The zero-order valence-corrected chi connectivity index (χ0v) is 16.2. The van der Waals surface area contributed by atoms with Gasteiger partial charge in [-0.05, 0) is 55.1 Å². The fourth-order valence-electron chi connectivity index (χ4n) is 6.57. The molecule has 4 heteroatoms. The summed E-state index contributed by atoms with van der Waals surface area (Å²) >= 11 is 3.83. The predicted molar refractivity (Wildman–Crippen MR) is 95.9 cm³/mol. The molecular weight excluding hydrogens is 368 g/mol. The van der Waals surface area contributed by atoms with Gasteiger partial charge in [-0.15, -0.1) is 0 Å². The normalized spacial score (nSPS) is 41.6. The number of methoxy groups -OCH3 is 2. The van der Waals surface area contributed by atoms with Crippen molar-refractivity contribution in [1.29, 1.82) is 0 Å². The van der Waals surface area contributed by atoms with E-state index < -0.39 is 0 Å². The molecule has 0 radical (unpaired) electrons. The maximum absolute atomic E-state index is 6.66. The van der Waals surface area contributed by atoms with E-state index in [-0.39, 0.29) is 17.6 Å². The van der Waals surface area contributed by atoms with Crippen molar-refractivity contribution >= 4 is 15.9 Å². The Bertz CT molecular complexity index is 703. The van der Waals surface area contributed by atoms with Crippen molar-refractivity contribution in [3.8, 4) is 11.5 Å². The summed E-state index contributed by atoms with van der Waals surface area (Å²) in [6.07, 6.45) is 6.64. The Morgan fingerprint density at radius 3 is 2.92 bits per heavy atom. The molecule has 5 rings (SSSR count). The Labute approximate surface area is 152 Å². The largest absolute Gasteiger partial charge is 0.493 e. The molecule has 130 valence electrons. The molecule has 0 saturated heterocycles. The van der Waals surface area contributed by atoms with Crippen LogP contribution in [0.3, 0.4) is 0 Å². The van der Waals surface area contributed by atoms with Crippen LogP contribution in [0.4, 0.5) is 0 Å². The highest BCUT2D eigenvalue weighted by molar-refractivity contribution is 9.10. The standard InChI is InChI=1S/C20H25BrO3/c1-10-7-13-11-5-4-6-20(13)16-12(8-11)14(21)9-15(22-2)18(16)24-19(20)17(10)23-3/h9-11,13,17,19H,4-8H2,1-3H3/t10-,11-,13+,17+,19+,20+/m1/s1. The molecule has 0 N–H and O–H groups in total. The first-order valence-corrected chi connectivity index (χ1v) is 10.0. The van der Waals surface area contributed by atoms with Gasteiger partial charge in [-0.2, -0.15) is 0 Å². The van der Waals surface area contributed by atoms with E-state index in [9.17, 15) is 0 Å². The lowest BCUT2D eigenvalue weighted by molar-refractivity contribution is -0.126. The van der Waals surface area contributed by atoms with Crippen molar-refractivity contribution in [1.82, 2.24) is 0 Å². The van der Waals surface area contributed by atoms with Gasteiger partial charge in [0.25, 0.3) is 0 Å². The Kier molecular flexibility index (Phi) is 3.32. The van der Waals surface area contributed by atoms with Crippen LogP contribution in [0.1, 0.15) is 43.7 Å². The number of hydrogen-bond acceptors (Lipinski definition) is 3. The second kappa shape index (κ2) is 5.14. The molecule has 6 atom stereocenters. The third kappa shape index (κ3) is 1.67. The van der Waals surface area contributed by atoms with Crippen LogP contribution in [-0.2, 0) is 16.6 Å². The molecule has 0 aromatic heterocycles. The van der Waals surface area contributed by atoms with E-state index in [1.807, 2.05) is 7.11 Å². The minimum atomic E-state index is 0.135. The maximum atomic E-state index is 6.66. The van der Waals surface area contributed by atoms with E-state index >= 15 is 0 Å². The highest BCUT2D eigenvalue weighted by atomic mass is 79.9. The lowest BCUT2D eigenvalue weighted by Gasteiger charge is -2.58. The first-order valence-electron chi connectivity index (χ1n) is 9.21. The summed E-state index contributed by atoms with van der Waals surface area (Å²) in [5, 5.41) is 0. The molecule has 0 amide bonds. The van der Waals surface area contributed by atoms with E-state index in [0.717, 1.165) is 23.3 Å². The monoisotopic (exact) mass is 392 g/mol. The Balaban J connectivity index is 1.80. The van der Waals surface area contributed by atoms with E-state index in [1.54, 1.807) is 7.11 Å². The van der Waals surface area contributed by atoms with Crippen LogP contribution in [0.2, 0.25) is 0 Å². The molecule has 1 aliphatic heterocycles. The zero-order chi connectivity index (χ0) is 16.6. The summed E-state index contributed by atoms with van der Waals surface area (Å²) in [6.45, 7) is 2.34. The second-order valence-corrected chi connectivity index (χ2v) is 9.05. The van der Waals surface area contributed by atoms with Gasteiger partial charge in [-0.3, -0.25) is 0 Å². The van der Waals surface area contributed by atoms with Gasteiger partial charge in [0.1, 0.15) is 6.10 Å². The first kappa shape index (κ1) is 15.5. The van der Waals surface area contributed by atoms with Crippen LogP contribution in [0, 0.1) is 17.8 Å². The summed E-state index contributed by atoms with van der Waals surface area (Å²) < 4.78 is 19.5. The van der Waals surface area contributed by atoms with Gasteiger partial charge in [0, 0.05) is 22.6 Å². The van der Waals surface area contributed by atoms with Crippen molar-refractivity contribution in [2.75, 3.05) is 14.2 Å². The Morgan fingerprint density at radius 2 is 2.17 bits per heavy atom. The average Bonchev–Trinajstić information content (AvgIpc) is 2.88. The summed E-state index contributed by atoms with van der Waals surface area (Å²) in [5.41, 5.74) is 3.06. The third-order valence-corrected chi connectivity index (χ3v) is 8.06. The van der Waals surface area contributed by atoms with E-state index in [4.69, 9.17) is 14.2 Å². The van der Waals surface area contributed by atoms with Crippen LogP contribution >= 0.6 is 15.9 Å². The highest BCUT2D eigenvalue weighted by Crippen LogP contribution is 2.67. The van der Waals surface area contributed by atoms with Crippen LogP contribution in [-0.4, -0.2) is 26.4 Å². The van der Waals surface area contributed by atoms with Crippen LogP contribution in [0.5, 0.6) is 11.5 Å². The quantitative estimate of drug-likeness (QED) is 0.742. The number of hydrogen-bond donors (Lipinski definition) is 0. The molecule has 1 heterocycles. The number of rotatable bonds is 2. The molecule has 0 unspecified atom stereocenters. The molecule has 2 fully saturated rings. The van der Waals surface area contributed by atoms with Crippen molar-refractivity contribution in [2.45, 2.75) is 56.7 Å². The minimum Gasteiger partial charge on any atom is -0.493 e. The van der Waals surface area contributed by atoms with Gasteiger partial charge < -0.3 is 14.2 Å². The van der Waals surface area contributed by atoms with Gasteiger partial charge in [-0.25, -0.2) is 0 Å². The Hall–Kier alpha value is -0.740. The van der Waals surface area contributed by atoms with E-state index in [0.29, 0.717) is 5.92 Å². The van der Waals surface area contributed by atoms with Crippen LogP contribution in [0.25, 0.3) is 0 Å². The molecule has 24 heavy (non-hydrogen) atoms. The molecule has 2 saturated carbocycles. The van der Waals surface area contributed by atoms with Crippen molar-refractivity contribution < 1.29 is 14.2 Å². The Morgan fingerprint density at radius 1 is 1.33 bits per heavy atom. The van der Waals surface area contributed by atoms with E-state index in [2.05, 4.69) is 28.9 Å². The smallest absolute Gasteiger partial charge is 0.166 e. The molecule has 3 nitrogen and oxygen atoms in total. The van der Waals surface area contributed by atoms with Gasteiger partial charge >= 0.3 is 0 Å². The van der Waals surface area contributed by atoms with Crippen molar-refractivity contribution in [2.24, 2.45) is 17.8 Å². The predicted octanol–water partition coefficient (Wildman–Crippen LogP) is 4.48. The summed E-state index contributed by atoms with van der Waals surface area (Å²) in [7, 11) is 3.59. The zero-order valence-electron chi connectivity index (χ0n) is 14.6. The molecule has 1 spiro atoms. The molecule has 1 aromatic carbocycles. The molecule has 4 aliphatic rings. The highest BCUT2D eigenvalue weighted by Gasteiger charge is 2.66. The summed E-state index contributed by atoms with van der Waals surface area (Å²) in [5.74, 6) is 3.93. The van der Waals surface area contributed by atoms with Crippen LogP contribution in [0.15, 0.2) is 10.5 Å². The van der Waals surface area contributed by atoms with E-state index in [1.165, 1.54) is 47.7 Å². The average molecular weight is 393 g/mol. The van der Waals surface area contributed by atoms with Gasteiger partial charge in [0.15, 0.2) is 11.5 Å². The van der Waals surface area contributed by atoms with Crippen molar-refractivity contribution in [3.05, 3.63) is 21.7 Å². The number of benzene rings is 1. The summed E-state index contributed by atoms with van der Waals surface area (Å²) in [4.78, 5) is 0. The fourth-order valence-corrected chi connectivity index (χ4v) is 7.14. The van der Waals surface area contributed by atoms with Crippen LogP contribution < -0.4 is 9.47 Å². The first-order chi connectivity index (χ1) is 11.6. The summed E-state index contributed by atoms with van der Waals surface area (Å²) in [6, 6.07) is 2.10. The topological polar surface area (TPSA) is 27.7 Å². The van der Waals surface area contributed by atoms with Gasteiger partial charge in [-0.1, -0.05) is 29.3 Å². The van der Waals surface area contributed by atoms with Gasteiger partial charge in [0.05, 0.1) is 13.2 Å². The maximum Gasteiger partial charge on any atom is 0.166 e. The molecule has 1 aromatic rings. The lowest BCUT2D eigenvalue weighted by atomic mass is 9.47.